The summed E-state index contributed by atoms with van der Waals surface area (Å²) in [5, 5.41) is 3.01. The van der Waals surface area contributed by atoms with Crippen LogP contribution >= 0.6 is 0 Å². The van der Waals surface area contributed by atoms with Gasteiger partial charge in [-0.25, -0.2) is 8.42 Å². The lowest BCUT2D eigenvalue weighted by Gasteiger charge is -2.26. The molecule has 1 aromatic heterocycles. The van der Waals surface area contributed by atoms with Gasteiger partial charge in [0.05, 0.1) is 22.6 Å². The summed E-state index contributed by atoms with van der Waals surface area (Å²) in [5.74, 6) is 0. The number of fused-ring (bicyclic) bond motifs is 2. The third-order valence-electron chi connectivity index (χ3n) is 5.41. The highest BCUT2D eigenvalue weighted by molar-refractivity contribution is 7.92. The molecule has 0 radical (unpaired) electrons. The number of para-hydroxylation sites is 1. The molecule has 0 amide bonds. The van der Waals surface area contributed by atoms with Gasteiger partial charge >= 0.3 is 0 Å². The number of benzene rings is 4. The fourth-order valence-corrected chi connectivity index (χ4v) is 5.36. The summed E-state index contributed by atoms with van der Waals surface area (Å²) in [6, 6.07) is 32.0. The molecule has 31 heavy (non-hydrogen) atoms. The lowest BCUT2D eigenvalue weighted by molar-refractivity contribution is 0.590. The molecule has 5 heteroatoms. The second-order valence-electron chi connectivity index (χ2n) is 7.32. The Hall–Kier alpha value is -3.70. The van der Waals surface area contributed by atoms with Crippen molar-refractivity contribution in [3.63, 3.8) is 0 Å². The average molecular weight is 425 g/mol. The third kappa shape index (κ3) is 3.53. The van der Waals surface area contributed by atoms with Crippen molar-refractivity contribution in [3.8, 4) is 0 Å². The number of hydrogen-bond acceptors (Lipinski definition) is 3. The van der Waals surface area contributed by atoms with Gasteiger partial charge < -0.3 is 0 Å². The molecular weight excluding hydrogens is 404 g/mol. The normalized spacial score (nSPS) is 11.6. The van der Waals surface area contributed by atoms with Crippen molar-refractivity contribution in [2.75, 3.05) is 4.31 Å². The highest BCUT2D eigenvalue weighted by Gasteiger charge is 2.27. The molecule has 0 atom stereocenters. The molecule has 0 aliphatic rings. The van der Waals surface area contributed by atoms with Crippen LogP contribution in [0.2, 0.25) is 0 Å². The molecule has 0 fully saturated rings. The van der Waals surface area contributed by atoms with Crippen LogP contribution in [0.15, 0.2) is 114 Å². The standard InChI is InChI=1S/C26H20N2O2S/c29-31(30,23-14-2-1-3-15-23)28(25-17-7-11-21-13-8-18-27-26(21)25)19-22-12-6-10-20-9-4-5-16-24(20)22/h1-18H,19H2. The number of pyridine rings is 1. The molecule has 0 bridgehead atoms. The molecule has 4 nitrogen and oxygen atoms in total. The molecule has 0 spiro atoms. The molecule has 0 saturated carbocycles. The minimum atomic E-state index is -3.82. The summed E-state index contributed by atoms with van der Waals surface area (Å²) < 4.78 is 29.1. The second kappa shape index (κ2) is 7.85. The molecule has 0 aliphatic heterocycles. The van der Waals surface area contributed by atoms with Crippen LogP contribution in [0.5, 0.6) is 0 Å². The van der Waals surface area contributed by atoms with Crippen LogP contribution in [-0.2, 0) is 16.6 Å². The van der Waals surface area contributed by atoms with Crippen LogP contribution in [0.4, 0.5) is 5.69 Å². The fraction of sp³-hybridized carbons (Fsp3) is 0.0385. The van der Waals surface area contributed by atoms with E-state index in [1.54, 1.807) is 30.5 Å². The Kier molecular flexibility index (Phi) is 4.88. The lowest BCUT2D eigenvalue weighted by Crippen LogP contribution is -2.31. The molecule has 5 aromatic rings. The molecule has 0 aliphatic carbocycles. The van der Waals surface area contributed by atoms with E-state index >= 15 is 0 Å². The maximum Gasteiger partial charge on any atom is 0.264 e. The molecule has 0 saturated heterocycles. The second-order valence-corrected chi connectivity index (χ2v) is 9.18. The predicted molar refractivity (Wildman–Crippen MR) is 126 cm³/mol. The maximum absolute atomic E-state index is 13.8. The van der Waals surface area contributed by atoms with E-state index in [1.807, 2.05) is 78.9 Å². The third-order valence-corrected chi connectivity index (χ3v) is 7.18. The Morgan fingerprint density at radius 2 is 1.35 bits per heavy atom. The molecule has 1 heterocycles. The van der Waals surface area contributed by atoms with Gasteiger partial charge in [0.15, 0.2) is 0 Å². The highest BCUT2D eigenvalue weighted by atomic mass is 32.2. The maximum atomic E-state index is 13.8. The Morgan fingerprint density at radius 1 is 0.677 bits per heavy atom. The van der Waals surface area contributed by atoms with Crippen molar-refractivity contribution in [2.24, 2.45) is 0 Å². The predicted octanol–water partition coefficient (Wildman–Crippen LogP) is 5.78. The zero-order valence-electron chi connectivity index (χ0n) is 16.7. The van der Waals surface area contributed by atoms with E-state index in [9.17, 15) is 8.42 Å². The molecule has 4 aromatic carbocycles. The topological polar surface area (TPSA) is 50.3 Å². The van der Waals surface area contributed by atoms with Crippen LogP contribution in [0.25, 0.3) is 21.7 Å². The molecular formula is C26H20N2O2S. The van der Waals surface area contributed by atoms with Crippen molar-refractivity contribution in [1.29, 1.82) is 0 Å². The number of sulfonamides is 1. The van der Waals surface area contributed by atoms with Gasteiger partial charge in [-0.15, -0.1) is 0 Å². The minimum absolute atomic E-state index is 0.203. The van der Waals surface area contributed by atoms with E-state index in [2.05, 4.69) is 4.98 Å². The van der Waals surface area contributed by atoms with E-state index < -0.39 is 10.0 Å². The summed E-state index contributed by atoms with van der Waals surface area (Å²) in [4.78, 5) is 4.76. The van der Waals surface area contributed by atoms with Gasteiger partial charge in [0.25, 0.3) is 10.0 Å². The zero-order chi connectivity index (χ0) is 21.3. The lowest BCUT2D eigenvalue weighted by atomic mass is 10.0. The quantitative estimate of drug-likeness (QED) is 0.359. The van der Waals surface area contributed by atoms with E-state index in [0.717, 1.165) is 21.7 Å². The minimum Gasteiger partial charge on any atom is -0.260 e. The van der Waals surface area contributed by atoms with Crippen LogP contribution in [0.1, 0.15) is 5.56 Å². The van der Waals surface area contributed by atoms with E-state index in [4.69, 9.17) is 0 Å². The Labute approximate surface area is 181 Å². The highest BCUT2D eigenvalue weighted by Crippen LogP contribution is 2.32. The first-order valence-electron chi connectivity index (χ1n) is 10.0. The Bertz CT molecular complexity index is 1470. The van der Waals surface area contributed by atoms with Crippen molar-refractivity contribution in [1.82, 2.24) is 4.98 Å². The van der Waals surface area contributed by atoms with Gasteiger partial charge in [0, 0.05) is 11.6 Å². The van der Waals surface area contributed by atoms with Gasteiger partial charge in [-0.3, -0.25) is 9.29 Å². The van der Waals surface area contributed by atoms with E-state index in [1.165, 1.54) is 4.31 Å². The van der Waals surface area contributed by atoms with Gasteiger partial charge in [-0.1, -0.05) is 78.9 Å². The Balaban J connectivity index is 1.73. The first-order valence-corrected chi connectivity index (χ1v) is 11.5. The number of hydrogen-bond donors (Lipinski definition) is 0. The van der Waals surface area contributed by atoms with Crippen LogP contribution < -0.4 is 4.31 Å². The largest absolute Gasteiger partial charge is 0.264 e. The first-order chi connectivity index (χ1) is 15.1. The molecule has 5 rings (SSSR count). The van der Waals surface area contributed by atoms with Gasteiger partial charge in [-0.2, -0.15) is 0 Å². The van der Waals surface area contributed by atoms with E-state index in [0.29, 0.717) is 11.2 Å². The van der Waals surface area contributed by atoms with E-state index in [-0.39, 0.29) is 11.4 Å². The van der Waals surface area contributed by atoms with Gasteiger partial charge in [0.1, 0.15) is 0 Å². The molecule has 0 unspecified atom stereocenters. The van der Waals surface area contributed by atoms with Crippen LogP contribution in [0.3, 0.4) is 0 Å². The summed E-state index contributed by atoms with van der Waals surface area (Å²) in [7, 11) is -3.82. The van der Waals surface area contributed by atoms with Crippen LogP contribution in [0, 0.1) is 0 Å². The monoisotopic (exact) mass is 424 g/mol. The summed E-state index contributed by atoms with van der Waals surface area (Å²) in [6.07, 6.45) is 1.69. The molecule has 0 N–H and O–H groups in total. The SMILES string of the molecule is O=S(=O)(c1ccccc1)N(Cc1cccc2ccccc12)c1cccc2cccnc12. The molecule has 152 valence electrons. The smallest absolute Gasteiger partial charge is 0.260 e. The van der Waals surface area contributed by atoms with Crippen molar-refractivity contribution < 1.29 is 8.42 Å². The number of anilines is 1. The van der Waals surface area contributed by atoms with Gasteiger partial charge in [0.2, 0.25) is 0 Å². The Morgan fingerprint density at radius 3 is 2.23 bits per heavy atom. The summed E-state index contributed by atoms with van der Waals surface area (Å²) in [6.45, 7) is 0.203. The van der Waals surface area contributed by atoms with Gasteiger partial charge in [-0.05, 0) is 40.6 Å². The summed E-state index contributed by atoms with van der Waals surface area (Å²) in [5.41, 5.74) is 2.16. The number of rotatable bonds is 5. The van der Waals surface area contributed by atoms with Crippen molar-refractivity contribution in [2.45, 2.75) is 11.4 Å². The summed E-state index contributed by atoms with van der Waals surface area (Å²) >= 11 is 0. The first kappa shape index (κ1) is 19.3. The fourth-order valence-electron chi connectivity index (χ4n) is 3.89. The van der Waals surface area contributed by atoms with Crippen molar-refractivity contribution in [3.05, 3.63) is 115 Å². The van der Waals surface area contributed by atoms with Crippen LogP contribution in [-0.4, -0.2) is 13.4 Å². The zero-order valence-corrected chi connectivity index (χ0v) is 17.5. The average Bonchev–Trinajstić information content (AvgIpc) is 2.83. The number of aromatic nitrogens is 1. The van der Waals surface area contributed by atoms with Crippen molar-refractivity contribution >= 4 is 37.4 Å². The number of nitrogens with zero attached hydrogens (tertiary/aromatic N) is 2.